The van der Waals surface area contributed by atoms with Gasteiger partial charge in [0.2, 0.25) is 0 Å². The Hall–Kier alpha value is -0.800. The molecule has 0 saturated heterocycles. The van der Waals surface area contributed by atoms with Crippen LogP contribution in [0.1, 0.15) is 5.89 Å². The molecule has 0 radical (unpaired) electrons. The first-order valence-corrected chi connectivity index (χ1v) is 5.89. The Morgan fingerprint density at radius 2 is 2.13 bits per heavy atom. The second-order valence-electron chi connectivity index (χ2n) is 3.04. The van der Waals surface area contributed by atoms with Gasteiger partial charge in [-0.2, -0.15) is 0 Å². The lowest BCUT2D eigenvalue weighted by atomic mass is 10.2. The Bertz CT molecular complexity index is 455. The number of aromatic nitrogens is 1. The van der Waals surface area contributed by atoms with E-state index in [0.29, 0.717) is 18.2 Å². The van der Waals surface area contributed by atoms with E-state index in [1.165, 1.54) is 0 Å². The molecule has 0 aliphatic carbocycles. The van der Waals surface area contributed by atoms with E-state index in [9.17, 15) is 0 Å². The van der Waals surface area contributed by atoms with Crippen molar-refractivity contribution >= 4 is 27.5 Å². The summed E-state index contributed by atoms with van der Waals surface area (Å²) in [5, 5.41) is 0. The van der Waals surface area contributed by atoms with Crippen LogP contribution in [0.25, 0.3) is 11.3 Å². The number of nitrogens with zero attached hydrogens (tertiary/aromatic N) is 1. The molecule has 0 spiro atoms. The van der Waals surface area contributed by atoms with Crippen molar-refractivity contribution in [1.29, 1.82) is 0 Å². The fraction of sp³-hybridized carbons (Fsp3) is 0.182. The van der Waals surface area contributed by atoms with Crippen molar-refractivity contribution < 1.29 is 4.42 Å². The van der Waals surface area contributed by atoms with E-state index in [1.54, 1.807) is 6.20 Å². The fourth-order valence-electron chi connectivity index (χ4n) is 1.29. The molecule has 1 aromatic carbocycles. The summed E-state index contributed by atoms with van der Waals surface area (Å²) in [6.07, 6.45) is 2.38. The first kappa shape index (κ1) is 10.7. The summed E-state index contributed by atoms with van der Waals surface area (Å²) in [7, 11) is 0. The maximum absolute atomic E-state index is 5.61. The van der Waals surface area contributed by atoms with Gasteiger partial charge < -0.3 is 4.42 Å². The van der Waals surface area contributed by atoms with Crippen LogP contribution in [0.15, 0.2) is 39.4 Å². The van der Waals surface area contributed by atoms with Crippen molar-refractivity contribution in [3.05, 3.63) is 40.8 Å². The van der Waals surface area contributed by atoms with Crippen LogP contribution in [0.4, 0.5) is 0 Å². The van der Waals surface area contributed by atoms with Crippen LogP contribution in [-0.2, 0) is 6.42 Å². The molecule has 78 valence electrons. The SMILES string of the molecule is ClCCc1ncc(-c2ccccc2Br)o1. The highest BCUT2D eigenvalue weighted by atomic mass is 79.9. The molecule has 0 saturated carbocycles. The Kier molecular flexibility index (Phi) is 3.44. The minimum atomic E-state index is 0.524. The van der Waals surface area contributed by atoms with Gasteiger partial charge in [-0.15, -0.1) is 11.6 Å². The highest BCUT2D eigenvalue weighted by Crippen LogP contribution is 2.28. The summed E-state index contributed by atoms with van der Waals surface area (Å²) < 4.78 is 6.56. The van der Waals surface area contributed by atoms with Crippen LogP contribution >= 0.6 is 27.5 Å². The quantitative estimate of drug-likeness (QED) is 0.800. The Balaban J connectivity index is 2.33. The Morgan fingerprint density at radius 1 is 1.33 bits per heavy atom. The lowest BCUT2D eigenvalue weighted by Gasteiger charge is -1.98. The molecule has 0 atom stereocenters. The average Bonchev–Trinajstić information content (AvgIpc) is 2.68. The third-order valence-corrected chi connectivity index (χ3v) is 2.88. The third kappa shape index (κ3) is 2.41. The van der Waals surface area contributed by atoms with Crippen molar-refractivity contribution in [3.63, 3.8) is 0 Å². The topological polar surface area (TPSA) is 26.0 Å². The highest BCUT2D eigenvalue weighted by molar-refractivity contribution is 9.10. The first-order valence-electron chi connectivity index (χ1n) is 4.57. The van der Waals surface area contributed by atoms with E-state index < -0.39 is 0 Å². The number of hydrogen-bond donors (Lipinski definition) is 0. The van der Waals surface area contributed by atoms with Gasteiger partial charge in [0.05, 0.1) is 6.20 Å². The third-order valence-electron chi connectivity index (χ3n) is 2.00. The monoisotopic (exact) mass is 285 g/mol. The number of benzene rings is 1. The zero-order chi connectivity index (χ0) is 10.7. The van der Waals surface area contributed by atoms with Gasteiger partial charge in [-0.3, -0.25) is 0 Å². The molecule has 0 amide bonds. The van der Waals surface area contributed by atoms with Crippen molar-refractivity contribution in [2.75, 3.05) is 5.88 Å². The maximum Gasteiger partial charge on any atom is 0.196 e. The number of aryl methyl sites for hydroxylation is 1. The predicted octanol–water partition coefficient (Wildman–Crippen LogP) is 3.89. The van der Waals surface area contributed by atoms with Gasteiger partial charge >= 0.3 is 0 Å². The van der Waals surface area contributed by atoms with Gasteiger partial charge in [0.15, 0.2) is 11.7 Å². The van der Waals surface area contributed by atoms with Crippen LogP contribution in [-0.4, -0.2) is 10.9 Å². The minimum Gasteiger partial charge on any atom is -0.441 e. The maximum atomic E-state index is 5.61. The molecule has 2 rings (SSSR count). The van der Waals surface area contributed by atoms with E-state index in [2.05, 4.69) is 20.9 Å². The number of oxazole rings is 1. The molecule has 0 bridgehead atoms. The zero-order valence-corrected chi connectivity index (χ0v) is 10.3. The van der Waals surface area contributed by atoms with Crippen molar-refractivity contribution in [1.82, 2.24) is 4.98 Å². The van der Waals surface area contributed by atoms with Crippen molar-refractivity contribution in [2.24, 2.45) is 0 Å². The van der Waals surface area contributed by atoms with Crippen LogP contribution in [0, 0.1) is 0 Å². The molecule has 0 aliphatic rings. The minimum absolute atomic E-state index is 0.524. The van der Waals surface area contributed by atoms with Crippen LogP contribution < -0.4 is 0 Å². The van der Waals surface area contributed by atoms with E-state index in [-0.39, 0.29) is 0 Å². The van der Waals surface area contributed by atoms with E-state index in [1.807, 2.05) is 24.3 Å². The molecular weight excluding hydrogens is 277 g/mol. The number of halogens is 2. The summed E-state index contributed by atoms with van der Waals surface area (Å²) in [5.41, 5.74) is 1.01. The second kappa shape index (κ2) is 4.81. The van der Waals surface area contributed by atoms with Gasteiger partial charge in [0, 0.05) is 22.3 Å². The Morgan fingerprint density at radius 3 is 2.87 bits per heavy atom. The smallest absolute Gasteiger partial charge is 0.196 e. The summed E-state index contributed by atoms with van der Waals surface area (Å²) in [6.45, 7) is 0. The van der Waals surface area contributed by atoms with Gasteiger partial charge in [-0.1, -0.05) is 34.1 Å². The highest BCUT2D eigenvalue weighted by Gasteiger charge is 2.08. The normalized spacial score (nSPS) is 10.5. The van der Waals surface area contributed by atoms with Gasteiger partial charge in [0.25, 0.3) is 0 Å². The lowest BCUT2D eigenvalue weighted by Crippen LogP contribution is -1.83. The molecular formula is C11H9BrClNO. The molecule has 15 heavy (non-hydrogen) atoms. The molecule has 0 aliphatic heterocycles. The molecule has 1 aromatic heterocycles. The van der Waals surface area contributed by atoms with Crippen LogP contribution in [0.2, 0.25) is 0 Å². The molecule has 1 heterocycles. The van der Waals surface area contributed by atoms with Gasteiger partial charge in [-0.25, -0.2) is 4.98 Å². The van der Waals surface area contributed by atoms with E-state index in [0.717, 1.165) is 15.8 Å². The van der Waals surface area contributed by atoms with Gasteiger partial charge in [0.1, 0.15) is 0 Å². The van der Waals surface area contributed by atoms with Gasteiger partial charge in [-0.05, 0) is 6.07 Å². The first-order chi connectivity index (χ1) is 7.31. The number of alkyl halides is 1. The van der Waals surface area contributed by atoms with E-state index >= 15 is 0 Å². The summed E-state index contributed by atoms with van der Waals surface area (Å²) >= 11 is 9.08. The second-order valence-corrected chi connectivity index (χ2v) is 4.27. The molecule has 2 aromatic rings. The molecule has 0 fully saturated rings. The fourth-order valence-corrected chi connectivity index (χ4v) is 1.93. The summed E-state index contributed by atoms with van der Waals surface area (Å²) in [5.74, 6) is 1.97. The van der Waals surface area contributed by atoms with Crippen LogP contribution in [0.5, 0.6) is 0 Å². The number of rotatable bonds is 3. The average molecular weight is 287 g/mol. The molecule has 2 nitrogen and oxygen atoms in total. The summed E-state index contributed by atoms with van der Waals surface area (Å²) in [6, 6.07) is 7.88. The van der Waals surface area contributed by atoms with E-state index in [4.69, 9.17) is 16.0 Å². The zero-order valence-electron chi connectivity index (χ0n) is 7.91. The molecule has 0 unspecified atom stereocenters. The summed E-state index contributed by atoms with van der Waals surface area (Å²) in [4.78, 5) is 4.15. The number of hydrogen-bond acceptors (Lipinski definition) is 2. The van der Waals surface area contributed by atoms with Crippen LogP contribution in [0.3, 0.4) is 0 Å². The van der Waals surface area contributed by atoms with Crippen molar-refractivity contribution in [3.8, 4) is 11.3 Å². The predicted molar refractivity (Wildman–Crippen MR) is 64.1 cm³/mol. The lowest BCUT2D eigenvalue weighted by molar-refractivity contribution is 0.514. The molecule has 0 N–H and O–H groups in total. The largest absolute Gasteiger partial charge is 0.441 e. The molecule has 4 heteroatoms. The Labute approximate surface area is 101 Å². The standard InChI is InChI=1S/C11H9BrClNO/c12-9-4-2-1-3-8(9)10-7-14-11(15-10)5-6-13/h1-4,7H,5-6H2. The van der Waals surface area contributed by atoms with Crippen molar-refractivity contribution in [2.45, 2.75) is 6.42 Å².